The number of oxazole rings is 1. The molecule has 2 amide bonds. The number of carboxylic acid groups (broad SMARTS) is 1. The molecule has 0 saturated heterocycles. The third-order valence-electron chi connectivity index (χ3n) is 3.08. The van der Waals surface area contributed by atoms with E-state index < -0.39 is 17.5 Å². The molecule has 0 bridgehead atoms. The van der Waals surface area contributed by atoms with Crippen molar-refractivity contribution >= 4 is 12.0 Å². The number of rotatable bonds is 6. The molecule has 0 fully saturated rings. The summed E-state index contributed by atoms with van der Waals surface area (Å²) in [4.78, 5) is 27.1. The Morgan fingerprint density at radius 1 is 1.40 bits per heavy atom. The smallest absolute Gasteiger partial charge is 0.329 e. The highest BCUT2D eigenvalue weighted by molar-refractivity contribution is 5.85. The topological polar surface area (TPSA) is 104 Å². The fourth-order valence-corrected chi connectivity index (χ4v) is 1.79. The fourth-order valence-electron chi connectivity index (χ4n) is 1.79. The standard InChI is InChI=1S/C13H21N3O4/c1-5-6-13(4,11(17)18)16-12(19)14-7-10-15-8(2)9(3)20-10/h5-7H2,1-4H3,(H,17,18)(H2,14,16,19). The number of nitrogens with zero attached hydrogens (tertiary/aromatic N) is 1. The van der Waals surface area contributed by atoms with Gasteiger partial charge in [0.15, 0.2) is 0 Å². The summed E-state index contributed by atoms with van der Waals surface area (Å²) in [6, 6.07) is -0.558. The zero-order chi connectivity index (χ0) is 15.3. The van der Waals surface area contributed by atoms with Gasteiger partial charge >= 0.3 is 12.0 Å². The molecule has 112 valence electrons. The van der Waals surface area contributed by atoms with Crippen LogP contribution in [0.3, 0.4) is 0 Å². The van der Waals surface area contributed by atoms with E-state index in [1.54, 1.807) is 6.92 Å². The number of hydrogen-bond donors (Lipinski definition) is 3. The lowest BCUT2D eigenvalue weighted by molar-refractivity contribution is -0.144. The van der Waals surface area contributed by atoms with E-state index in [4.69, 9.17) is 9.52 Å². The van der Waals surface area contributed by atoms with E-state index in [0.717, 1.165) is 5.69 Å². The summed E-state index contributed by atoms with van der Waals surface area (Å²) in [6.45, 7) is 7.05. The van der Waals surface area contributed by atoms with E-state index in [0.29, 0.717) is 24.5 Å². The summed E-state index contributed by atoms with van der Waals surface area (Å²) in [5.41, 5.74) is -0.509. The van der Waals surface area contributed by atoms with Gasteiger partial charge in [0.05, 0.1) is 12.2 Å². The highest BCUT2D eigenvalue weighted by Gasteiger charge is 2.33. The minimum absolute atomic E-state index is 0.113. The van der Waals surface area contributed by atoms with Crippen molar-refractivity contribution in [3.8, 4) is 0 Å². The summed E-state index contributed by atoms with van der Waals surface area (Å²) >= 11 is 0. The second-order valence-corrected chi connectivity index (χ2v) is 4.94. The molecule has 7 heteroatoms. The molecule has 1 aromatic heterocycles. The molecule has 3 N–H and O–H groups in total. The zero-order valence-corrected chi connectivity index (χ0v) is 12.2. The number of carbonyl (C=O) groups excluding carboxylic acids is 1. The van der Waals surface area contributed by atoms with E-state index in [1.807, 2.05) is 13.8 Å². The molecule has 0 saturated carbocycles. The van der Waals surface area contributed by atoms with Crippen molar-refractivity contribution in [1.29, 1.82) is 0 Å². The molecule has 0 aromatic carbocycles. The summed E-state index contributed by atoms with van der Waals surface area (Å²) < 4.78 is 5.32. The molecular formula is C13H21N3O4. The lowest BCUT2D eigenvalue weighted by Crippen LogP contribution is -2.55. The van der Waals surface area contributed by atoms with E-state index in [1.165, 1.54) is 6.92 Å². The van der Waals surface area contributed by atoms with Crippen LogP contribution in [-0.2, 0) is 11.3 Å². The van der Waals surface area contributed by atoms with Crippen LogP contribution in [0.4, 0.5) is 4.79 Å². The first-order valence-corrected chi connectivity index (χ1v) is 6.51. The molecule has 1 rings (SSSR count). The molecule has 1 unspecified atom stereocenters. The number of carboxylic acids is 1. The van der Waals surface area contributed by atoms with Gasteiger partial charge in [-0.1, -0.05) is 13.3 Å². The van der Waals surface area contributed by atoms with Crippen LogP contribution >= 0.6 is 0 Å². The Kier molecular flexibility index (Phi) is 5.12. The Balaban J connectivity index is 2.56. The molecule has 20 heavy (non-hydrogen) atoms. The second kappa shape index (κ2) is 6.40. The monoisotopic (exact) mass is 283 g/mol. The zero-order valence-electron chi connectivity index (χ0n) is 12.2. The first kappa shape index (κ1) is 16.0. The maximum atomic E-state index is 11.7. The summed E-state index contributed by atoms with van der Waals surface area (Å²) in [6.07, 6.45) is 1.01. The molecule has 1 atom stereocenters. The number of aliphatic carboxylic acids is 1. The van der Waals surface area contributed by atoms with E-state index in [2.05, 4.69) is 15.6 Å². The number of urea groups is 1. The quantitative estimate of drug-likeness (QED) is 0.737. The molecular weight excluding hydrogens is 262 g/mol. The average Bonchev–Trinajstić information content (AvgIpc) is 2.66. The second-order valence-electron chi connectivity index (χ2n) is 4.94. The molecule has 0 aliphatic carbocycles. The lowest BCUT2D eigenvalue weighted by Gasteiger charge is -2.25. The highest BCUT2D eigenvalue weighted by atomic mass is 16.4. The Morgan fingerprint density at radius 3 is 2.50 bits per heavy atom. The number of nitrogens with one attached hydrogen (secondary N) is 2. The van der Waals surface area contributed by atoms with Crippen molar-refractivity contribution in [2.24, 2.45) is 0 Å². The Morgan fingerprint density at radius 2 is 2.05 bits per heavy atom. The van der Waals surface area contributed by atoms with Crippen LogP contribution < -0.4 is 10.6 Å². The van der Waals surface area contributed by atoms with Crippen molar-refractivity contribution in [2.75, 3.05) is 0 Å². The minimum Gasteiger partial charge on any atom is -0.480 e. The molecule has 0 radical (unpaired) electrons. The van der Waals surface area contributed by atoms with Crippen molar-refractivity contribution in [1.82, 2.24) is 15.6 Å². The van der Waals surface area contributed by atoms with Crippen LogP contribution in [0.25, 0.3) is 0 Å². The van der Waals surface area contributed by atoms with E-state index in [9.17, 15) is 9.59 Å². The Labute approximate surface area is 117 Å². The largest absolute Gasteiger partial charge is 0.480 e. The van der Waals surface area contributed by atoms with Gasteiger partial charge in [0.2, 0.25) is 5.89 Å². The van der Waals surface area contributed by atoms with Gasteiger partial charge in [0, 0.05) is 0 Å². The fraction of sp³-hybridized carbons (Fsp3) is 0.615. The molecule has 1 aromatic rings. The van der Waals surface area contributed by atoms with Crippen LogP contribution in [0.15, 0.2) is 4.42 Å². The molecule has 0 spiro atoms. The lowest BCUT2D eigenvalue weighted by atomic mass is 9.97. The summed E-state index contributed by atoms with van der Waals surface area (Å²) in [5.74, 6) is 0.0311. The van der Waals surface area contributed by atoms with Gasteiger partial charge in [-0.25, -0.2) is 14.6 Å². The van der Waals surface area contributed by atoms with Gasteiger partial charge in [-0.3, -0.25) is 0 Å². The first-order valence-electron chi connectivity index (χ1n) is 6.51. The SMILES string of the molecule is CCCC(C)(NC(=O)NCc1nc(C)c(C)o1)C(=O)O. The minimum atomic E-state index is -1.28. The normalized spacial score (nSPS) is 13.6. The summed E-state index contributed by atoms with van der Waals surface area (Å²) in [7, 11) is 0. The van der Waals surface area contributed by atoms with Crippen LogP contribution in [0.5, 0.6) is 0 Å². The number of aryl methyl sites for hydroxylation is 2. The molecule has 0 aliphatic rings. The molecule has 7 nitrogen and oxygen atoms in total. The Hall–Kier alpha value is -2.05. The van der Waals surface area contributed by atoms with Gasteiger partial charge in [-0.05, 0) is 27.2 Å². The predicted octanol–water partition coefficient (Wildman–Crippen LogP) is 1.73. The Bertz CT molecular complexity index is 478. The summed E-state index contributed by atoms with van der Waals surface area (Å²) in [5, 5.41) is 14.2. The number of carbonyl (C=O) groups is 2. The third-order valence-corrected chi connectivity index (χ3v) is 3.08. The van der Waals surface area contributed by atoms with Gasteiger partial charge in [-0.2, -0.15) is 0 Å². The number of aromatic nitrogens is 1. The van der Waals surface area contributed by atoms with Crippen LogP contribution in [0.1, 0.15) is 44.0 Å². The highest BCUT2D eigenvalue weighted by Crippen LogP contribution is 2.12. The third kappa shape index (κ3) is 3.97. The van der Waals surface area contributed by atoms with Crippen LogP contribution in [-0.4, -0.2) is 27.6 Å². The van der Waals surface area contributed by atoms with Gasteiger partial charge in [0.25, 0.3) is 0 Å². The van der Waals surface area contributed by atoms with E-state index >= 15 is 0 Å². The van der Waals surface area contributed by atoms with Crippen molar-refractivity contribution < 1.29 is 19.1 Å². The van der Waals surface area contributed by atoms with Crippen LogP contribution in [0, 0.1) is 13.8 Å². The molecule has 1 heterocycles. The first-order chi connectivity index (χ1) is 9.28. The van der Waals surface area contributed by atoms with Crippen molar-refractivity contribution in [3.63, 3.8) is 0 Å². The maximum Gasteiger partial charge on any atom is 0.329 e. The predicted molar refractivity (Wildman–Crippen MR) is 72.3 cm³/mol. The number of amides is 2. The van der Waals surface area contributed by atoms with Gasteiger partial charge in [0.1, 0.15) is 11.3 Å². The van der Waals surface area contributed by atoms with Gasteiger partial charge < -0.3 is 20.2 Å². The van der Waals surface area contributed by atoms with Crippen molar-refractivity contribution in [3.05, 3.63) is 17.3 Å². The molecule has 0 aliphatic heterocycles. The maximum absolute atomic E-state index is 11.7. The van der Waals surface area contributed by atoms with E-state index in [-0.39, 0.29) is 6.54 Å². The number of hydrogen-bond acceptors (Lipinski definition) is 4. The van der Waals surface area contributed by atoms with Gasteiger partial charge in [-0.15, -0.1) is 0 Å². The van der Waals surface area contributed by atoms with Crippen molar-refractivity contribution in [2.45, 2.75) is 52.6 Å². The van der Waals surface area contributed by atoms with Crippen LogP contribution in [0.2, 0.25) is 0 Å². The average molecular weight is 283 g/mol.